The van der Waals surface area contributed by atoms with E-state index in [2.05, 4.69) is 26.2 Å². The van der Waals surface area contributed by atoms with Gasteiger partial charge in [-0.25, -0.2) is 9.97 Å². The van der Waals surface area contributed by atoms with E-state index >= 15 is 0 Å². The van der Waals surface area contributed by atoms with Gasteiger partial charge in [-0.3, -0.25) is 4.99 Å². The number of aryl methyl sites for hydroxylation is 1. The van der Waals surface area contributed by atoms with Crippen molar-refractivity contribution in [2.75, 3.05) is 11.9 Å². The molecular weight excluding hydrogens is 188 g/mol. The molecule has 0 saturated carbocycles. The molecule has 4 nitrogen and oxygen atoms in total. The van der Waals surface area contributed by atoms with Crippen LogP contribution in [0.2, 0.25) is 0 Å². The summed E-state index contributed by atoms with van der Waals surface area (Å²) >= 11 is 0. The Kier molecular flexibility index (Phi) is 4.30. The third-order valence-electron chi connectivity index (χ3n) is 1.77. The van der Waals surface area contributed by atoms with Crippen molar-refractivity contribution in [1.82, 2.24) is 9.97 Å². The minimum Gasteiger partial charge on any atom is -0.357 e. The molecule has 0 fully saturated rings. The molecule has 1 aromatic rings. The summed E-state index contributed by atoms with van der Waals surface area (Å²) < 4.78 is 0. The predicted octanol–water partition coefficient (Wildman–Crippen LogP) is 1.94. The number of anilines is 1. The fraction of sp³-hybridized carbons (Fsp3) is 0.364. The Morgan fingerprint density at radius 1 is 1.60 bits per heavy atom. The summed E-state index contributed by atoms with van der Waals surface area (Å²) in [6.45, 7) is 4.35. The summed E-state index contributed by atoms with van der Waals surface area (Å²) in [6.07, 6.45) is 9.37. The molecule has 78 valence electrons. The van der Waals surface area contributed by atoms with Crippen LogP contribution in [0, 0.1) is 19.3 Å². The van der Waals surface area contributed by atoms with E-state index in [0.29, 0.717) is 12.4 Å². The van der Waals surface area contributed by atoms with Crippen molar-refractivity contribution >= 4 is 17.7 Å². The van der Waals surface area contributed by atoms with Crippen LogP contribution < -0.4 is 5.32 Å². The molecule has 4 heteroatoms. The van der Waals surface area contributed by atoms with Crippen LogP contribution in [0.5, 0.6) is 0 Å². The van der Waals surface area contributed by atoms with Gasteiger partial charge in [0.1, 0.15) is 12.0 Å². The van der Waals surface area contributed by atoms with Gasteiger partial charge in [-0.05, 0) is 13.3 Å². The summed E-state index contributed by atoms with van der Waals surface area (Å²) in [5.41, 5.74) is 1.60. The van der Waals surface area contributed by atoms with E-state index < -0.39 is 0 Å². The van der Waals surface area contributed by atoms with Crippen molar-refractivity contribution in [2.24, 2.45) is 4.99 Å². The summed E-state index contributed by atoms with van der Waals surface area (Å²) in [5.74, 6) is 3.18. The van der Waals surface area contributed by atoms with Gasteiger partial charge in [-0.1, -0.05) is 12.8 Å². The summed E-state index contributed by atoms with van der Waals surface area (Å²) in [6, 6.07) is 0. The minimum absolute atomic E-state index is 0.436. The fourth-order valence-electron chi connectivity index (χ4n) is 1.07. The first-order chi connectivity index (χ1) is 7.29. The number of terminal acetylenes is 1. The molecule has 1 rings (SSSR count). The lowest BCUT2D eigenvalue weighted by Crippen LogP contribution is -2.02. The topological polar surface area (TPSA) is 50.2 Å². The zero-order chi connectivity index (χ0) is 11.1. The second-order valence-electron chi connectivity index (χ2n) is 2.93. The van der Waals surface area contributed by atoms with Crippen molar-refractivity contribution in [1.29, 1.82) is 0 Å². The number of rotatable bonds is 4. The Hall–Kier alpha value is -1.89. The second-order valence-corrected chi connectivity index (χ2v) is 2.93. The molecule has 0 aliphatic rings. The van der Waals surface area contributed by atoms with Gasteiger partial charge in [0.15, 0.2) is 5.82 Å². The molecule has 1 heterocycles. The van der Waals surface area contributed by atoms with Crippen molar-refractivity contribution in [3.05, 3.63) is 12.0 Å². The molecule has 0 radical (unpaired) electrons. The molecule has 0 unspecified atom stereocenters. The predicted molar refractivity (Wildman–Crippen MR) is 62.5 cm³/mol. The first-order valence-corrected chi connectivity index (χ1v) is 4.81. The molecule has 0 aromatic carbocycles. The number of aromatic nitrogens is 2. The van der Waals surface area contributed by atoms with Gasteiger partial charge in [0.25, 0.3) is 0 Å². The molecule has 0 bridgehead atoms. The Bertz CT molecular complexity index is 390. The second kappa shape index (κ2) is 5.76. The molecule has 0 spiro atoms. The highest BCUT2D eigenvalue weighted by atomic mass is 15.0. The normalized spacial score (nSPS) is 10.2. The summed E-state index contributed by atoms with van der Waals surface area (Å²) in [7, 11) is 0. The lowest BCUT2D eigenvalue weighted by Gasteiger charge is -2.06. The van der Waals surface area contributed by atoms with E-state index in [1.807, 2.05) is 20.1 Å². The van der Waals surface area contributed by atoms with Gasteiger partial charge >= 0.3 is 0 Å². The van der Waals surface area contributed by atoms with Gasteiger partial charge in [0.05, 0.1) is 12.2 Å². The quantitative estimate of drug-likeness (QED) is 0.599. The molecule has 0 atom stereocenters. The zero-order valence-corrected chi connectivity index (χ0v) is 8.99. The van der Waals surface area contributed by atoms with Crippen LogP contribution in [0.15, 0.2) is 11.3 Å². The number of nitrogens with zero attached hydrogens (tertiary/aromatic N) is 3. The average molecular weight is 202 g/mol. The fourth-order valence-corrected chi connectivity index (χ4v) is 1.07. The smallest absolute Gasteiger partial charge is 0.156 e. The number of hydrogen-bond acceptors (Lipinski definition) is 4. The largest absolute Gasteiger partial charge is 0.357 e. The van der Waals surface area contributed by atoms with Crippen molar-refractivity contribution in [3.63, 3.8) is 0 Å². The van der Waals surface area contributed by atoms with E-state index in [-0.39, 0.29) is 0 Å². The molecule has 1 N–H and O–H groups in total. The maximum atomic E-state index is 5.17. The summed E-state index contributed by atoms with van der Waals surface area (Å²) in [5, 5.41) is 3.01. The Labute approximate surface area is 89.9 Å². The van der Waals surface area contributed by atoms with Crippen molar-refractivity contribution in [2.45, 2.75) is 20.3 Å². The van der Waals surface area contributed by atoms with Gasteiger partial charge in [-0.2, -0.15) is 0 Å². The van der Waals surface area contributed by atoms with Crippen LogP contribution in [-0.4, -0.2) is 22.7 Å². The highest BCUT2D eigenvalue weighted by Gasteiger charge is 2.04. The first kappa shape index (κ1) is 11.2. The number of nitrogens with one attached hydrogen (secondary N) is 1. The SMILES string of the molecule is C#CCNc1ncnc(C)c1N=CCC. The Balaban J connectivity index is 2.98. The third-order valence-corrected chi connectivity index (χ3v) is 1.77. The van der Waals surface area contributed by atoms with E-state index in [1.165, 1.54) is 6.33 Å². The molecule has 0 aliphatic heterocycles. The lowest BCUT2D eigenvalue weighted by molar-refractivity contribution is 1.08. The Morgan fingerprint density at radius 2 is 2.40 bits per heavy atom. The van der Waals surface area contributed by atoms with Gasteiger partial charge in [0.2, 0.25) is 0 Å². The zero-order valence-electron chi connectivity index (χ0n) is 8.99. The summed E-state index contributed by atoms with van der Waals surface area (Å²) in [4.78, 5) is 12.5. The van der Waals surface area contributed by atoms with Crippen LogP contribution in [0.4, 0.5) is 11.5 Å². The standard InChI is InChI=1S/C11H14N4/c1-4-6-12-10-9(3)14-8-15-11(10)13-7-5-2/h2,6,8H,4,7H2,1,3H3,(H,13,14,15). The van der Waals surface area contributed by atoms with Crippen molar-refractivity contribution in [3.8, 4) is 12.3 Å². The van der Waals surface area contributed by atoms with Crippen LogP contribution in [0.1, 0.15) is 19.0 Å². The monoisotopic (exact) mass is 202 g/mol. The van der Waals surface area contributed by atoms with Crippen LogP contribution in [0.3, 0.4) is 0 Å². The van der Waals surface area contributed by atoms with Crippen molar-refractivity contribution < 1.29 is 0 Å². The maximum Gasteiger partial charge on any atom is 0.156 e. The van der Waals surface area contributed by atoms with Gasteiger partial charge < -0.3 is 5.32 Å². The van der Waals surface area contributed by atoms with E-state index in [4.69, 9.17) is 6.42 Å². The highest BCUT2D eigenvalue weighted by Crippen LogP contribution is 2.24. The van der Waals surface area contributed by atoms with E-state index in [0.717, 1.165) is 17.8 Å². The van der Waals surface area contributed by atoms with Gasteiger partial charge in [0, 0.05) is 6.21 Å². The molecular formula is C11H14N4. The minimum atomic E-state index is 0.436. The average Bonchev–Trinajstić information content (AvgIpc) is 2.25. The van der Waals surface area contributed by atoms with Gasteiger partial charge in [-0.15, -0.1) is 6.42 Å². The molecule has 0 saturated heterocycles. The number of aliphatic imine (C=N–C) groups is 1. The third kappa shape index (κ3) is 3.06. The molecule has 0 aliphatic carbocycles. The van der Waals surface area contributed by atoms with Crippen LogP contribution >= 0.6 is 0 Å². The van der Waals surface area contributed by atoms with Crippen LogP contribution in [0.25, 0.3) is 0 Å². The Morgan fingerprint density at radius 3 is 3.07 bits per heavy atom. The number of hydrogen-bond donors (Lipinski definition) is 1. The van der Waals surface area contributed by atoms with E-state index in [9.17, 15) is 0 Å². The lowest BCUT2D eigenvalue weighted by atomic mass is 10.3. The molecule has 1 aromatic heterocycles. The molecule has 0 amide bonds. The highest BCUT2D eigenvalue weighted by molar-refractivity contribution is 5.71. The first-order valence-electron chi connectivity index (χ1n) is 4.81. The molecule has 15 heavy (non-hydrogen) atoms. The van der Waals surface area contributed by atoms with Crippen LogP contribution in [-0.2, 0) is 0 Å². The van der Waals surface area contributed by atoms with E-state index in [1.54, 1.807) is 0 Å². The maximum absolute atomic E-state index is 5.17.